The molecule has 0 bridgehead atoms. The van der Waals surface area contributed by atoms with Gasteiger partial charge in [-0.3, -0.25) is 14.9 Å². The van der Waals surface area contributed by atoms with Gasteiger partial charge in [-0.1, -0.05) is 17.8 Å². The van der Waals surface area contributed by atoms with Gasteiger partial charge in [0.05, 0.1) is 26.5 Å². The van der Waals surface area contributed by atoms with E-state index in [1.807, 2.05) is 0 Å². The number of hydrogen-bond donors (Lipinski definition) is 1. The second kappa shape index (κ2) is 7.53. The van der Waals surface area contributed by atoms with Crippen LogP contribution in [0.4, 0.5) is 24.5 Å². The minimum absolute atomic E-state index is 0.0331. The highest BCUT2D eigenvalue weighted by atomic mass is 32.2. The first-order chi connectivity index (χ1) is 12.7. The maximum Gasteiger partial charge on any atom is 0.416 e. The molecule has 0 radical (unpaired) electrons. The predicted molar refractivity (Wildman–Crippen MR) is 97.1 cm³/mol. The van der Waals surface area contributed by atoms with E-state index in [4.69, 9.17) is 0 Å². The largest absolute Gasteiger partial charge is 0.416 e. The summed E-state index contributed by atoms with van der Waals surface area (Å²) in [6.45, 7) is 0. The lowest BCUT2D eigenvalue weighted by molar-refractivity contribution is -0.384. The Morgan fingerprint density at radius 2 is 2.04 bits per heavy atom. The smallest absolute Gasteiger partial charge is 0.325 e. The first kappa shape index (κ1) is 19.1. The normalized spacial score (nSPS) is 11.5. The first-order valence-corrected chi connectivity index (χ1v) is 9.17. The van der Waals surface area contributed by atoms with Crippen molar-refractivity contribution in [2.75, 3.05) is 11.1 Å². The number of hydrogen-bond acceptors (Lipinski definition) is 6. The monoisotopic (exact) mass is 413 g/mol. The van der Waals surface area contributed by atoms with E-state index >= 15 is 0 Å². The van der Waals surface area contributed by atoms with Gasteiger partial charge in [0.2, 0.25) is 5.91 Å². The Kier molecular flexibility index (Phi) is 5.33. The number of amides is 1. The number of thiazole rings is 1. The highest BCUT2D eigenvalue weighted by Gasteiger charge is 2.30. The van der Waals surface area contributed by atoms with Gasteiger partial charge < -0.3 is 5.32 Å². The van der Waals surface area contributed by atoms with E-state index in [1.165, 1.54) is 41.7 Å². The molecule has 0 spiro atoms. The standard InChI is InChI=1S/C16H10F3N3O3S2/c17-16(18,19)9-4-5-13-12(6-9)21-15(27-13)26-8-14(23)20-10-2-1-3-11(7-10)22(24)25/h1-7H,8H2,(H,20,23). The Bertz CT molecular complexity index is 1020. The molecule has 11 heteroatoms. The second-order valence-corrected chi connectivity index (χ2v) is 7.56. The number of aromatic nitrogens is 1. The zero-order valence-electron chi connectivity index (χ0n) is 13.3. The molecule has 0 aliphatic rings. The topological polar surface area (TPSA) is 85.1 Å². The molecule has 0 saturated heterocycles. The van der Waals surface area contributed by atoms with Crippen LogP contribution in [0.1, 0.15) is 5.56 Å². The number of fused-ring (bicyclic) bond motifs is 1. The van der Waals surface area contributed by atoms with E-state index in [9.17, 15) is 28.1 Å². The number of carbonyl (C=O) groups excluding carboxylic acids is 1. The molecule has 0 fully saturated rings. The van der Waals surface area contributed by atoms with Gasteiger partial charge >= 0.3 is 6.18 Å². The Hall–Kier alpha value is -2.66. The van der Waals surface area contributed by atoms with Crippen LogP contribution in [0.15, 0.2) is 46.8 Å². The van der Waals surface area contributed by atoms with Gasteiger partial charge in [-0.25, -0.2) is 4.98 Å². The SMILES string of the molecule is O=C(CSc1nc2cc(C(F)(F)F)ccc2s1)Nc1cccc([N+](=O)[O-])c1. The summed E-state index contributed by atoms with van der Waals surface area (Å²) in [6.07, 6.45) is -4.44. The lowest BCUT2D eigenvalue weighted by Crippen LogP contribution is -2.14. The summed E-state index contributed by atoms with van der Waals surface area (Å²) in [6, 6.07) is 8.82. The molecule has 3 aromatic rings. The molecule has 0 aliphatic heterocycles. The Morgan fingerprint density at radius 1 is 1.26 bits per heavy atom. The van der Waals surface area contributed by atoms with Gasteiger partial charge in [0.15, 0.2) is 4.34 Å². The summed E-state index contributed by atoms with van der Waals surface area (Å²) in [5.74, 6) is -0.440. The second-order valence-electron chi connectivity index (χ2n) is 5.30. The third kappa shape index (κ3) is 4.74. The molecular weight excluding hydrogens is 403 g/mol. The van der Waals surface area contributed by atoms with Crippen LogP contribution in [0.2, 0.25) is 0 Å². The first-order valence-electron chi connectivity index (χ1n) is 7.37. The maximum atomic E-state index is 12.7. The third-order valence-electron chi connectivity index (χ3n) is 3.36. The number of carbonyl (C=O) groups is 1. The average molecular weight is 413 g/mol. The summed E-state index contributed by atoms with van der Waals surface area (Å²) < 4.78 is 39.3. The fourth-order valence-corrected chi connectivity index (χ4v) is 4.01. The van der Waals surface area contributed by atoms with Crippen LogP contribution in [-0.2, 0) is 11.0 Å². The number of nitrogens with zero attached hydrogens (tertiary/aromatic N) is 2. The molecule has 1 aromatic heterocycles. The molecule has 2 aromatic carbocycles. The van der Waals surface area contributed by atoms with Gasteiger partial charge in [0, 0.05) is 17.8 Å². The number of non-ortho nitro benzene ring substituents is 1. The number of halogens is 3. The van der Waals surface area contributed by atoms with Crippen LogP contribution in [0.3, 0.4) is 0 Å². The third-order valence-corrected chi connectivity index (χ3v) is 5.54. The van der Waals surface area contributed by atoms with E-state index < -0.39 is 22.6 Å². The van der Waals surface area contributed by atoms with E-state index in [0.29, 0.717) is 9.04 Å². The summed E-state index contributed by atoms with van der Waals surface area (Å²) in [5, 5.41) is 13.3. The molecule has 0 atom stereocenters. The number of nitro groups is 1. The van der Waals surface area contributed by atoms with E-state index in [0.717, 1.165) is 23.9 Å². The summed E-state index contributed by atoms with van der Waals surface area (Å²) in [4.78, 5) is 26.3. The molecular formula is C16H10F3N3O3S2. The van der Waals surface area contributed by atoms with Gasteiger partial charge in [-0.2, -0.15) is 13.2 Å². The van der Waals surface area contributed by atoms with Crippen molar-refractivity contribution in [1.82, 2.24) is 4.98 Å². The van der Waals surface area contributed by atoms with Crippen molar-refractivity contribution in [2.24, 2.45) is 0 Å². The highest BCUT2D eigenvalue weighted by molar-refractivity contribution is 8.01. The van der Waals surface area contributed by atoms with Crippen molar-refractivity contribution in [3.8, 4) is 0 Å². The number of alkyl halides is 3. The van der Waals surface area contributed by atoms with E-state index in [2.05, 4.69) is 10.3 Å². The van der Waals surface area contributed by atoms with Crippen molar-refractivity contribution in [1.29, 1.82) is 0 Å². The molecule has 140 valence electrons. The van der Waals surface area contributed by atoms with Gasteiger partial charge in [-0.15, -0.1) is 11.3 Å². The number of nitro benzene ring substituents is 1. The van der Waals surface area contributed by atoms with Crippen molar-refractivity contribution < 1.29 is 22.9 Å². The quantitative estimate of drug-likeness (QED) is 0.363. The zero-order valence-corrected chi connectivity index (χ0v) is 15.0. The minimum atomic E-state index is -4.44. The molecule has 6 nitrogen and oxygen atoms in total. The average Bonchev–Trinajstić information content (AvgIpc) is 3.01. The lowest BCUT2D eigenvalue weighted by atomic mass is 10.2. The molecule has 3 rings (SSSR count). The lowest BCUT2D eigenvalue weighted by Gasteiger charge is -2.04. The number of benzene rings is 2. The van der Waals surface area contributed by atoms with Gasteiger partial charge in [-0.05, 0) is 24.3 Å². The zero-order chi connectivity index (χ0) is 19.6. The molecule has 1 heterocycles. The minimum Gasteiger partial charge on any atom is -0.325 e. The molecule has 1 amide bonds. The van der Waals surface area contributed by atoms with Crippen LogP contribution in [0.25, 0.3) is 10.2 Å². The predicted octanol–water partition coefficient (Wildman–Crippen LogP) is 4.95. The van der Waals surface area contributed by atoms with Crippen LogP contribution in [0, 0.1) is 10.1 Å². The Morgan fingerprint density at radius 3 is 2.74 bits per heavy atom. The molecule has 0 saturated carbocycles. The Labute approximate surface area is 158 Å². The maximum absolute atomic E-state index is 12.7. The van der Waals surface area contributed by atoms with Crippen LogP contribution >= 0.6 is 23.1 Å². The number of nitrogens with one attached hydrogen (secondary N) is 1. The molecule has 0 unspecified atom stereocenters. The van der Waals surface area contributed by atoms with Crippen molar-refractivity contribution in [2.45, 2.75) is 10.5 Å². The van der Waals surface area contributed by atoms with E-state index in [1.54, 1.807) is 0 Å². The molecule has 1 N–H and O–H groups in total. The van der Waals surface area contributed by atoms with Crippen molar-refractivity contribution >= 4 is 50.6 Å². The van der Waals surface area contributed by atoms with Crippen molar-refractivity contribution in [3.63, 3.8) is 0 Å². The van der Waals surface area contributed by atoms with Crippen LogP contribution < -0.4 is 5.32 Å². The fourth-order valence-electron chi connectivity index (χ4n) is 2.17. The van der Waals surface area contributed by atoms with Gasteiger partial charge in [0.1, 0.15) is 0 Å². The summed E-state index contributed by atoms with van der Waals surface area (Å²) in [7, 11) is 0. The number of thioether (sulfide) groups is 1. The number of anilines is 1. The number of rotatable bonds is 5. The van der Waals surface area contributed by atoms with Crippen LogP contribution in [-0.4, -0.2) is 21.6 Å². The molecule has 27 heavy (non-hydrogen) atoms. The Balaban J connectivity index is 1.65. The van der Waals surface area contributed by atoms with Gasteiger partial charge in [0.25, 0.3) is 5.69 Å². The van der Waals surface area contributed by atoms with Crippen LogP contribution in [0.5, 0.6) is 0 Å². The molecule has 0 aliphatic carbocycles. The fraction of sp³-hybridized carbons (Fsp3) is 0.125. The summed E-state index contributed by atoms with van der Waals surface area (Å²) in [5.41, 5.74) is -0.419. The highest BCUT2D eigenvalue weighted by Crippen LogP contribution is 2.35. The summed E-state index contributed by atoms with van der Waals surface area (Å²) >= 11 is 2.26. The van der Waals surface area contributed by atoms with E-state index in [-0.39, 0.29) is 22.6 Å². The van der Waals surface area contributed by atoms with Crippen molar-refractivity contribution in [3.05, 3.63) is 58.1 Å².